The van der Waals surface area contributed by atoms with Crippen molar-refractivity contribution < 1.29 is 22.0 Å². The number of aromatic nitrogens is 1. The van der Waals surface area contributed by atoms with Crippen molar-refractivity contribution in [2.45, 2.75) is 12.6 Å². The third-order valence-corrected chi connectivity index (χ3v) is 2.86. The monoisotopic (exact) mass is 309 g/mol. The van der Waals surface area contributed by atoms with Gasteiger partial charge in [0.2, 0.25) is 0 Å². The lowest BCUT2D eigenvalue weighted by molar-refractivity contribution is -0.143. The van der Waals surface area contributed by atoms with Crippen LogP contribution in [0.3, 0.4) is 0 Å². The van der Waals surface area contributed by atoms with Crippen LogP contribution in [0.15, 0.2) is 10.7 Å². The summed E-state index contributed by atoms with van der Waals surface area (Å²) >= 11 is 7.94. The summed E-state index contributed by atoms with van der Waals surface area (Å²) in [5.41, 5.74) is -2.87. The van der Waals surface area contributed by atoms with E-state index in [1.54, 1.807) is 0 Å². The molecule has 1 rings (SSSR count). The molecule has 0 N–H and O–H groups in total. The van der Waals surface area contributed by atoms with Gasteiger partial charge in [0.15, 0.2) is 5.69 Å². The predicted molar refractivity (Wildman–Crippen MR) is 46.9 cm³/mol. The second-order valence-corrected chi connectivity index (χ2v) is 3.68. The van der Waals surface area contributed by atoms with Gasteiger partial charge in [-0.05, 0) is 15.9 Å². The zero-order valence-corrected chi connectivity index (χ0v) is 9.09. The molecule has 1 nitrogen and oxygen atoms in total. The van der Waals surface area contributed by atoms with Crippen molar-refractivity contribution in [2.24, 2.45) is 0 Å². The van der Waals surface area contributed by atoms with Gasteiger partial charge in [-0.25, -0.2) is 13.8 Å². The van der Waals surface area contributed by atoms with Gasteiger partial charge in [-0.1, -0.05) is 11.6 Å². The Hall–Kier alpha value is -0.430. The van der Waals surface area contributed by atoms with E-state index in [4.69, 9.17) is 11.6 Å². The quantitative estimate of drug-likeness (QED) is 0.698. The Labute approximate surface area is 94.4 Å². The first-order valence-corrected chi connectivity index (χ1v) is 4.61. The van der Waals surface area contributed by atoms with Crippen LogP contribution in [0.5, 0.6) is 0 Å². The van der Waals surface area contributed by atoms with Crippen molar-refractivity contribution in [3.8, 4) is 0 Å². The van der Waals surface area contributed by atoms with Gasteiger partial charge in [0.1, 0.15) is 0 Å². The highest BCUT2D eigenvalue weighted by Crippen LogP contribution is 2.40. The van der Waals surface area contributed by atoms with E-state index in [-0.39, 0.29) is 5.02 Å². The lowest BCUT2D eigenvalue weighted by Crippen LogP contribution is -2.13. The largest absolute Gasteiger partial charge is 0.433 e. The summed E-state index contributed by atoms with van der Waals surface area (Å²) in [7, 11) is 0. The summed E-state index contributed by atoms with van der Waals surface area (Å²) in [5.74, 6) is 0. The third-order valence-electron chi connectivity index (χ3n) is 1.49. The van der Waals surface area contributed by atoms with E-state index in [2.05, 4.69) is 20.9 Å². The molecule has 0 spiro atoms. The van der Waals surface area contributed by atoms with Crippen LogP contribution in [-0.4, -0.2) is 4.98 Å². The molecule has 1 aromatic heterocycles. The summed E-state index contributed by atoms with van der Waals surface area (Å²) in [5, 5.41) is -0.293. The Morgan fingerprint density at radius 3 is 2.27 bits per heavy atom. The SMILES string of the molecule is FC(F)c1c(C(F)(F)F)ncc(Cl)c1Br. The molecule has 1 heterocycles. The Balaban J connectivity index is 3.47. The zero-order chi connectivity index (χ0) is 11.8. The minimum atomic E-state index is -4.93. The average Bonchev–Trinajstić information content (AvgIpc) is 2.06. The van der Waals surface area contributed by atoms with Crippen molar-refractivity contribution in [1.82, 2.24) is 4.98 Å². The summed E-state index contributed by atoms with van der Waals surface area (Å²) < 4.78 is 61.0. The summed E-state index contributed by atoms with van der Waals surface area (Å²) in [4.78, 5) is 2.86. The Bertz CT molecular complexity index is 378. The maximum atomic E-state index is 12.4. The highest BCUT2D eigenvalue weighted by molar-refractivity contribution is 9.10. The molecule has 0 aliphatic carbocycles. The molecule has 0 saturated heterocycles. The van der Waals surface area contributed by atoms with E-state index >= 15 is 0 Å². The fourth-order valence-corrected chi connectivity index (χ4v) is 1.52. The normalized spacial score (nSPS) is 12.3. The van der Waals surface area contributed by atoms with E-state index in [1.165, 1.54) is 0 Å². The number of rotatable bonds is 1. The van der Waals surface area contributed by atoms with E-state index in [9.17, 15) is 22.0 Å². The molecule has 0 amide bonds. The molecular weight excluding hydrogens is 308 g/mol. The fraction of sp³-hybridized carbons (Fsp3) is 0.286. The van der Waals surface area contributed by atoms with Gasteiger partial charge in [-0.15, -0.1) is 0 Å². The molecular formula is C7H2BrClF5N. The van der Waals surface area contributed by atoms with Crippen LogP contribution in [0.4, 0.5) is 22.0 Å². The van der Waals surface area contributed by atoms with Gasteiger partial charge in [-0.3, -0.25) is 0 Å². The Morgan fingerprint density at radius 2 is 1.87 bits per heavy atom. The molecule has 0 fully saturated rings. The van der Waals surface area contributed by atoms with Crippen molar-refractivity contribution >= 4 is 27.5 Å². The molecule has 0 aliphatic rings. The number of hydrogen-bond donors (Lipinski definition) is 0. The van der Waals surface area contributed by atoms with Crippen LogP contribution < -0.4 is 0 Å². The molecule has 1 aromatic rings. The lowest BCUT2D eigenvalue weighted by Gasteiger charge is -2.13. The molecule has 15 heavy (non-hydrogen) atoms. The first-order valence-electron chi connectivity index (χ1n) is 3.44. The van der Waals surface area contributed by atoms with Crippen molar-refractivity contribution in [1.29, 1.82) is 0 Å². The summed E-state index contributed by atoms with van der Waals surface area (Å²) in [6.07, 6.45) is -7.57. The van der Waals surface area contributed by atoms with Crippen LogP contribution in [0.1, 0.15) is 17.7 Å². The van der Waals surface area contributed by atoms with E-state index in [1.807, 2.05) is 0 Å². The summed E-state index contributed by atoms with van der Waals surface area (Å²) in [6.45, 7) is 0. The third kappa shape index (κ3) is 2.57. The van der Waals surface area contributed by atoms with E-state index < -0.39 is 28.3 Å². The van der Waals surface area contributed by atoms with Crippen LogP contribution in [0.2, 0.25) is 5.02 Å². The maximum Gasteiger partial charge on any atom is 0.433 e. The predicted octanol–water partition coefficient (Wildman–Crippen LogP) is 4.45. The second kappa shape index (κ2) is 4.21. The van der Waals surface area contributed by atoms with Gasteiger partial charge in [0.25, 0.3) is 6.43 Å². The Morgan fingerprint density at radius 1 is 1.33 bits per heavy atom. The molecule has 8 heteroatoms. The van der Waals surface area contributed by atoms with Gasteiger partial charge in [-0.2, -0.15) is 13.2 Å². The van der Waals surface area contributed by atoms with Gasteiger partial charge in [0.05, 0.1) is 10.6 Å². The number of alkyl halides is 5. The Kier molecular flexibility index (Phi) is 3.55. The van der Waals surface area contributed by atoms with Crippen molar-refractivity contribution in [3.05, 3.63) is 26.9 Å². The fourth-order valence-electron chi connectivity index (χ4n) is 0.905. The first kappa shape index (κ1) is 12.6. The van der Waals surface area contributed by atoms with E-state index in [0.29, 0.717) is 6.20 Å². The van der Waals surface area contributed by atoms with Gasteiger partial charge >= 0.3 is 6.18 Å². The van der Waals surface area contributed by atoms with Gasteiger partial charge < -0.3 is 0 Å². The molecule has 0 bridgehead atoms. The van der Waals surface area contributed by atoms with Crippen molar-refractivity contribution in [3.63, 3.8) is 0 Å². The molecule has 0 aromatic carbocycles. The number of nitrogens with zero attached hydrogens (tertiary/aromatic N) is 1. The average molecular weight is 310 g/mol. The minimum absolute atomic E-state index is 0.293. The van der Waals surface area contributed by atoms with Gasteiger partial charge in [0, 0.05) is 10.7 Å². The number of hydrogen-bond acceptors (Lipinski definition) is 1. The molecule has 84 valence electrons. The highest BCUT2D eigenvalue weighted by Gasteiger charge is 2.39. The van der Waals surface area contributed by atoms with Crippen LogP contribution in [-0.2, 0) is 6.18 Å². The number of halogens is 7. The first-order chi connectivity index (χ1) is 6.75. The highest BCUT2D eigenvalue weighted by atomic mass is 79.9. The molecule has 0 aliphatic heterocycles. The standard InChI is InChI=1S/C7H2BrClF5N/c8-4-2(9)1-15-5(7(12,13)14)3(4)6(10)11/h1,6H. The summed E-state index contributed by atoms with van der Waals surface area (Å²) in [6, 6.07) is 0. The maximum absolute atomic E-state index is 12.4. The second-order valence-electron chi connectivity index (χ2n) is 2.48. The minimum Gasteiger partial charge on any atom is -0.250 e. The molecule has 0 saturated carbocycles. The van der Waals surface area contributed by atoms with Crippen LogP contribution in [0.25, 0.3) is 0 Å². The lowest BCUT2D eigenvalue weighted by atomic mass is 10.2. The van der Waals surface area contributed by atoms with Crippen molar-refractivity contribution in [2.75, 3.05) is 0 Å². The van der Waals surface area contributed by atoms with E-state index in [0.717, 1.165) is 0 Å². The molecule has 0 radical (unpaired) electrons. The zero-order valence-electron chi connectivity index (χ0n) is 6.75. The van der Waals surface area contributed by atoms with Crippen LogP contribution >= 0.6 is 27.5 Å². The molecule has 0 atom stereocenters. The molecule has 0 unspecified atom stereocenters. The smallest absolute Gasteiger partial charge is 0.250 e. The number of pyridine rings is 1. The topological polar surface area (TPSA) is 12.9 Å². The van der Waals surface area contributed by atoms with Crippen LogP contribution in [0, 0.1) is 0 Å².